The molecule has 1 unspecified atom stereocenters. The molecular formula is C18H23N3O5S. The van der Waals surface area contributed by atoms with Crippen molar-refractivity contribution in [3.05, 3.63) is 29.8 Å². The molecule has 8 nitrogen and oxygen atoms in total. The number of thioether (sulfide) groups is 1. The summed E-state index contributed by atoms with van der Waals surface area (Å²) in [6.45, 7) is 1.51. The van der Waals surface area contributed by atoms with Crippen molar-refractivity contribution >= 4 is 41.1 Å². The van der Waals surface area contributed by atoms with Gasteiger partial charge in [-0.25, -0.2) is 0 Å². The zero-order valence-electron chi connectivity index (χ0n) is 15.1. The molecule has 3 amide bonds. The minimum absolute atomic E-state index is 0.00892. The number of carboxylic acids is 1. The summed E-state index contributed by atoms with van der Waals surface area (Å²) in [6, 6.07) is 6.27. The lowest BCUT2D eigenvalue weighted by Gasteiger charge is -2.23. The van der Waals surface area contributed by atoms with Gasteiger partial charge in [0.1, 0.15) is 12.6 Å². The van der Waals surface area contributed by atoms with Gasteiger partial charge in [0.25, 0.3) is 0 Å². The van der Waals surface area contributed by atoms with Gasteiger partial charge in [-0.1, -0.05) is 19.1 Å². The summed E-state index contributed by atoms with van der Waals surface area (Å²) in [6.07, 6.45) is 1.24. The van der Waals surface area contributed by atoms with Crippen LogP contribution < -0.4 is 10.6 Å². The molecule has 1 fully saturated rings. The molecule has 1 atom stereocenters. The fraction of sp³-hybridized carbons (Fsp3) is 0.444. The van der Waals surface area contributed by atoms with Crippen LogP contribution in [0.15, 0.2) is 24.3 Å². The molecule has 1 aliphatic rings. The van der Waals surface area contributed by atoms with E-state index in [4.69, 9.17) is 5.11 Å². The Morgan fingerprint density at radius 3 is 2.56 bits per heavy atom. The topological polar surface area (TPSA) is 116 Å². The van der Waals surface area contributed by atoms with E-state index in [1.54, 1.807) is 40.9 Å². The number of carbonyl (C=O) groups is 4. The number of carboxylic acid groups (broad SMARTS) is 1. The van der Waals surface area contributed by atoms with Crippen molar-refractivity contribution in [3.8, 4) is 0 Å². The van der Waals surface area contributed by atoms with E-state index >= 15 is 0 Å². The monoisotopic (exact) mass is 393 g/mol. The third kappa shape index (κ3) is 6.28. The van der Waals surface area contributed by atoms with Crippen LogP contribution in [0.4, 0.5) is 5.69 Å². The fourth-order valence-electron chi connectivity index (χ4n) is 2.62. The second-order valence-electron chi connectivity index (χ2n) is 6.16. The summed E-state index contributed by atoms with van der Waals surface area (Å²) in [5, 5.41) is 13.6. The Bertz CT molecular complexity index is 707. The van der Waals surface area contributed by atoms with Crippen LogP contribution in [0, 0.1) is 0 Å². The first-order valence-corrected chi connectivity index (χ1v) is 9.81. The Morgan fingerprint density at radius 2 is 1.93 bits per heavy atom. The molecule has 0 aromatic heterocycles. The first-order valence-electron chi connectivity index (χ1n) is 8.66. The molecule has 1 aromatic carbocycles. The molecule has 0 spiro atoms. The Morgan fingerprint density at radius 1 is 1.22 bits per heavy atom. The number of anilines is 1. The van der Waals surface area contributed by atoms with Gasteiger partial charge in [-0.05, 0) is 24.1 Å². The van der Waals surface area contributed by atoms with Crippen LogP contribution >= 0.6 is 11.8 Å². The van der Waals surface area contributed by atoms with Crippen LogP contribution in [0.1, 0.15) is 25.3 Å². The van der Waals surface area contributed by atoms with Crippen LogP contribution in [0.2, 0.25) is 0 Å². The van der Waals surface area contributed by atoms with Gasteiger partial charge in [0.2, 0.25) is 17.7 Å². The predicted molar refractivity (Wildman–Crippen MR) is 102 cm³/mol. The highest BCUT2D eigenvalue weighted by atomic mass is 32.2. The molecular weight excluding hydrogens is 370 g/mol. The second-order valence-corrected chi connectivity index (χ2v) is 7.16. The number of rotatable bonds is 8. The number of nitrogens with zero attached hydrogens (tertiary/aromatic N) is 1. The molecule has 0 bridgehead atoms. The van der Waals surface area contributed by atoms with Crippen molar-refractivity contribution in [2.24, 2.45) is 0 Å². The summed E-state index contributed by atoms with van der Waals surface area (Å²) in [5.41, 5.74) is 1.28. The van der Waals surface area contributed by atoms with E-state index in [2.05, 4.69) is 10.6 Å². The van der Waals surface area contributed by atoms with Crippen LogP contribution in [0.25, 0.3) is 0 Å². The fourth-order valence-corrected chi connectivity index (χ4v) is 3.80. The number of aliphatic carboxylic acids is 1. The van der Waals surface area contributed by atoms with Crippen LogP contribution in [-0.2, 0) is 25.6 Å². The Kier molecular flexibility index (Phi) is 7.66. The van der Waals surface area contributed by atoms with Gasteiger partial charge in [-0.2, -0.15) is 0 Å². The normalized spacial score (nSPS) is 16.0. The highest BCUT2D eigenvalue weighted by Crippen LogP contribution is 2.23. The molecule has 0 radical (unpaired) electrons. The molecule has 0 saturated carbocycles. The number of hydrogen-bond donors (Lipinski definition) is 3. The molecule has 146 valence electrons. The van der Waals surface area contributed by atoms with Crippen molar-refractivity contribution in [1.82, 2.24) is 10.2 Å². The smallest absolute Gasteiger partial charge is 0.322 e. The molecule has 1 saturated heterocycles. The summed E-state index contributed by atoms with van der Waals surface area (Å²) < 4.78 is 0. The predicted octanol–water partition coefficient (Wildman–Crippen LogP) is 1.07. The van der Waals surface area contributed by atoms with Crippen molar-refractivity contribution in [1.29, 1.82) is 0 Å². The maximum absolute atomic E-state index is 12.5. The van der Waals surface area contributed by atoms with Gasteiger partial charge >= 0.3 is 5.97 Å². The highest BCUT2D eigenvalue weighted by Gasteiger charge is 2.34. The summed E-state index contributed by atoms with van der Waals surface area (Å²) in [5.74, 6) is -0.619. The zero-order valence-corrected chi connectivity index (χ0v) is 15.9. The zero-order chi connectivity index (χ0) is 19.8. The summed E-state index contributed by atoms with van der Waals surface area (Å²) >= 11 is 1.56. The first-order chi connectivity index (χ1) is 12.9. The lowest BCUT2D eigenvalue weighted by atomic mass is 10.1. The summed E-state index contributed by atoms with van der Waals surface area (Å²) in [7, 11) is 0. The molecule has 1 aliphatic heterocycles. The maximum atomic E-state index is 12.5. The average Bonchev–Trinajstić information content (AvgIpc) is 3.12. The largest absolute Gasteiger partial charge is 0.480 e. The van der Waals surface area contributed by atoms with Crippen LogP contribution in [0.5, 0.6) is 0 Å². The van der Waals surface area contributed by atoms with Gasteiger partial charge in [-0.3, -0.25) is 19.2 Å². The Balaban J connectivity index is 1.90. The maximum Gasteiger partial charge on any atom is 0.322 e. The summed E-state index contributed by atoms with van der Waals surface area (Å²) in [4.78, 5) is 48.3. The molecule has 9 heteroatoms. The molecule has 27 heavy (non-hydrogen) atoms. The standard InChI is InChI=1S/C18H23N3O5S/c1-2-3-16(23)21-11-27-10-14(21)18(26)20-13-6-4-12(5-7-13)8-15(22)19-9-17(24)25/h4-7,14H,2-3,8-11H2,1H3,(H,19,22)(H,20,26)(H,24,25). The number of nitrogens with one attached hydrogen (secondary N) is 2. The van der Waals surface area contributed by atoms with Crippen molar-refractivity contribution in [3.63, 3.8) is 0 Å². The third-order valence-corrected chi connectivity index (χ3v) is 5.00. The van der Waals surface area contributed by atoms with E-state index in [9.17, 15) is 19.2 Å². The molecule has 1 heterocycles. The third-order valence-electron chi connectivity index (χ3n) is 3.99. The lowest BCUT2D eigenvalue weighted by Crippen LogP contribution is -2.44. The minimum atomic E-state index is -1.10. The number of hydrogen-bond acceptors (Lipinski definition) is 5. The van der Waals surface area contributed by atoms with Gasteiger partial charge < -0.3 is 20.6 Å². The van der Waals surface area contributed by atoms with E-state index in [1.807, 2.05) is 6.92 Å². The van der Waals surface area contributed by atoms with E-state index in [0.717, 1.165) is 6.42 Å². The molecule has 3 N–H and O–H groups in total. The van der Waals surface area contributed by atoms with E-state index in [-0.39, 0.29) is 24.1 Å². The average molecular weight is 393 g/mol. The van der Waals surface area contributed by atoms with Crippen molar-refractivity contribution in [2.45, 2.75) is 32.2 Å². The highest BCUT2D eigenvalue weighted by molar-refractivity contribution is 7.99. The number of benzene rings is 1. The van der Waals surface area contributed by atoms with Crippen molar-refractivity contribution in [2.75, 3.05) is 23.5 Å². The molecule has 2 rings (SSSR count). The number of carbonyl (C=O) groups excluding carboxylic acids is 3. The minimum Gasteiger partial charge on any atom is -0.480 e. The van der Waals surface area contributed by atoms with E-state index in [0.29, 0.717) is 29.3 Å². The van der Waals surface area contributed by atoms with Crippen LogP contribution in [0.3, 0.4) is 0 Å². The molecule has 1 aromatic rings. The lowest BCUT2D eigenvalue weighted by molar-refractivity contribution is -0.137. The van der Waals surface area contributed by atoms with Gasteiger partial charge in [0.05, 0.1) is 12.3 Å². The molecule has 0 aliphatic carbocycles. The second kappa shape index (κ2) is 9.96. The van der Waals surface area contributed by atoms with E-state index in [1.165, 1.54) is 0 Å². The van der Waals surface area contributed by atoms with Crippen LogP contribution in [-0.4, -0.2) is 57.9 Å². The van der Waals surface area contributed by atoms with Gasteiger partial charge in [0.15, 0.2) is 0 Å². The Hall–Kier alpha value is -2.55. The SMILES string of the molecule is CCCC(=O)N1CSCC1C(=O)Nc1ccc(CC(=O)NCC(=O)O)cc1. The quantitative estimate of drug-likeness (QED) is 0.608. The van der Waals surface area contributed by atoms with Gasteiger partial charge in [-0.15, -0.1) is 11.8 Å². The Labute approximate surface area is 161 Å². The van der Waals surface area contributed by atoms with Gasteiger partial charge in [0, 0.05) is 17.9 Å². The van der Waals surface area contributed by atoms with E-state index < -0.39 is 18.6 Å². The first kappa shape index (κ1) is 20.8. The number of amides is 3. The van der Waals surface area contributed by atoms with Crippen molar-refractivity contribution < 1.29 is 24.3 Å².